The average molecular weight is 524 g/mol. The lowest BCUT2D eigenvalue weighted by molar-refractivity contribution is 0.284. The number of ether oxygens (including phenoxy) is 2. The lowest BCUT2D eigenvalue weighted by atomic mass is 10.2. The molecule has 0 spiro atoms. The number of methoxy groups -OCH3 is 2. The second kappa shape index (κ2) is 11.9. The Labute approximate surface area is 221 Å². The van der Waals surface area contributed by atoms with Gasteiger partial charge in [-0.1, -0.05) is 23.8 Å². The third-order valence-corrected chi connectivity index (χ3v) is 8.76. The monoisotopic (exact) mass is 523 g/mol. The van der Waals surface area contributed by atoms with E-state index in [2.05, 4.69) is 15.9 Å². The molecule has 0 atom stereocenters. The molecule has 8 heteroatoms. The Balaban J connectivity index is 1.42. The summed E-state index contributed by atoms with van der Waals surface area (Å²) in [5.74, 6) is 1.49. The zero-order chi connectivity index (χ0) is 26.4. The molecule has 198 valence electrons. The lowest BCUT2D eigenvalue weighted by Gasteiger charge is -2.26. The topological polar surface area (TPSA) is 62.3 Å². The van der Waals surface area contributed by atoms with Crippen LogP contribution in [0.5, 0.6) is 11.5 Å². The molecule has 0 N–H and O–H groups in total. The van der Waals surface area contributed by atoms with Crippen molar-refractivity contribution in [1.29, 1.82) is 0 Å². The van der Waals surface area contributed by atoms with E-state index in [1.54, 1.807) is 26.4 Å². The van der Waals surface area contributed by atoms with Crippen molar-refractivity contribution in [2.75, 3.05) is 56.1 Å². The highest BCUT2D eigenvalue weighted by molar-refractivity contribution is 7.92. The van der Waals surface area contributed by atoms with Gasteiger partial charge in [-0.25, -0.2) is 8.42 Å². The number of nitrogens with zero attached hydrogens (tertiary/aromatic N) is 3. The molecule has 0 unspecified atom stereocenters. The number of rotatable bonds is 9. The number of anilines is 2. The molecule has 1 heterocycles. The molecule has 1 saturated heterocycles. The van der Waals surface area contributed by atoms with Gasteiger partial charge >= 0.3 is 0 Å². The Kier molecular flexibility index (Phi) is 8.61. The van der Waals surface area contributed by atoms with E-state index in [4.69, 9.17) is 9.47 Å². The van der Waals surface area contributed by atoms with Crippen molar-refractivity contribution in [3.05, 3.63) is 77.9 Å². The summed E-state index contributed by atoms with van der Waals surface area (Å²) < 4.78 is 38.8. The Hall–Kier alpha value is -3.23. The molecule has 1 fully saturated rings. The fourth-order valence-corrected chi connectivity index (χ4v) is 6.26. The van der Waals surface area contributed by atoms with Crippen molar-refractivity contribution in [3.63, 3.8) is 0 Å². The van der Waals surface area contributed by atoms with Crippen molar-refractivity contribution in [3.8, 4) is 11.5 Å². The fourth-order valence-electron chi connectivity index (χ4n) is 4.78. The largest absolute Gasteiger partial charge is 0.493 e. The highest BCUT2D eigenvalue weighted by Crippen LogP contribution is 2.29. The zero-order valence-electron chi connectivity index (χ0n) is 22.2. The first-order valence-corrected chi connectivity index (χ1v) is 14.2. The maximum absolute atomic E-state index is 13.3. The second-order valence-corrected chi connectivity index (χ2v) is 11.2. The van der Waals surface area contributed by atoms with Gasteiger partial charge in [-0.3, -0.25) is 9.21 Å². The maximum Gasteiger partial charge on any atom is 0.264 e. The standard InChI is InChI=1S/C29H37N3O4S/c1-5-32(37(33,34)27-14-7-23(2)8-15-27)26-12-10-25(11-13-26)31-18-6-17-30(19-20-31)22-24-9-16-28(35-3)29(21-24)36-4/h7-16,21H,5-6,17-20,22H2,1-4H3. The molecule has 3 aromatic carbocycles. The van der Waals surface area contributed by atoms with Gasteiger partial charge in [0.15, 0.2) is 11.5 Å². The lowest BCUT2D eigenvalue weighted by Crippen LogP contribution is -2.31. The number of aryl methyl sites for hydroxylation is 1. The Morgan fingerprint density at radius 2 is 1.54 bits per heavy atom. The van der Waals surface area contributed by atoms with Gasteiger partial charge < -0.3 is 14.4 Å². The Bertz CT molecular complexity index is 1280. The minimum absolute atomic E-state index is 0.311. The van der Waals surface area contributed by atoms with Gasteiger partial charge in [-0.2, -0.15) is 0 Å². The smallest absolute Gasteiger partial charge is 0.264 e. The number of hydrogen-bond donors (Lipinski definition) is 0. The predicted molar refractivity (Wildman–Crippen MR) is 149 cm³/mol. The van der Waals surface area contributed by atoms with E-state index in [0.717, 1.165) is 61.9 Å². The van der Waals surface area contributed by atoms with Crippen LogP contribution in [0.4, 0.5) is 11.4 Å². The van der Waals surface area contributed by atoms with Gasteiger partial charge in [0, 0.05) is 45.0 Å². The quantitative estimate of drug-likeness (QED) is 0.396. The molecular formula is C29H37N3O4S. The molecule has 0 aromatic heterocycles. The van der Waals surface area contributed by atoms with Gasteiger partial charge in [-0.05, 0) is 74.4 Å². The van der Waals surface area contributed by atoms with Crippen LogP contribution in [0.25, 0.3) is 0 Å². The molecule has 0 radical (unpaired) electrons. The molecule has 4 rings (SSSR count). The molecule has 0 aliphatic carbocycles. The van der Waals surface area contributed by atoms with Crippen LogP contribution in [-0.2, 0) is 16.6 Å². The number of benzene rings is 3. The van der Waals surface area contributed by atoms with E-state index in [-0.39, 0.29) is 0 Å². The first kappa shape index (κ1) is 26.8. The highest BCUT2D eigenvalue weighted by atomic mass is 32.2. The van der Waals surface area contributed by atoms with Crippen molar-refractivity contribution < 1.29 is 17.9 Å². The number of sulfonamides is 1. The van der Waals surface area contributed by atoms with Crippen LogP contribution >= 0.6 is 0 Å². The summed E-state index contributed by atoms with van der Waals surface area (Å²) in [5, 5.41) is 0. The van der Waals surface area contributed by atoms with Crippen molar-refractivity contribution >= 4 is 21.4 Å². The average Bonchev–Trinajstić information content (AvgIpc) is 3.15. The summed E-state index contributed by atoms with van der Waals surface area (Å²) in [4.78, 5) is 5.15. The normalized spacial score (nSPS) is 14.8. The summed E-state index contributed by atoms with van der Waals surface area (Å²) in [6.45, 7) is 8.86. The SMILES string of the molecule is CCN(c1ccc(N2CCCN(Cc3ccc(OC)c(OC)c3)CC2)cc1)S(=O)(=O)c1ccc(C)cc1. The third-order valence-electron chi connectivity index (χ3n) is 6.84. The van der Waals surface area contributed by atoms with Gasteiger partial charge in [0.1, 0.15) is 0 Å². The number of hydrogen-bond acceptors (Lipinski definition) is 6. The van der Waals surface area contributed by atoms with E-state index in [0.29, 0.717) is 17.1 Å². The Morgan fingerprint density at radius 1 is 0.838 bits per heavy atom. The second-order valence-electron chi connectivity index (χ2n) is 9.31. The van der Waals surface area contributed by atoms with Crippen LogP contribution in [0.3, 0.4) is 0 Å². The summed E-state index contributed by atoms with van der Waals surface area (Å²) >= 11 is 0. The summed E-state index contributed by atoms with van der Waals surface area (Å²) in [7, 11) is -0.305. The molecule has 1 aliphatic heterocycles. The van der Waals surface area contributed by atoms with Gasteiger partial charge in [-0.15, -0.1) is 0 Å². The van der Waals surface area contributed by atoms with Crippen LogP contribution in [0.1, 0.15) is 24.5 Å². The van der Waals surface area contributed by atoms with E-state index in [1.807, 2.05) is 62.4 Å². The molecule has 0 amide bonds. The molecule has 7 nitrogen and oxygen atoms in total. The van der Waals surface area contributed by atoms with E-state index in [1.165, 1.54) is 9.87 Å². The van der Waals surface area contributed by atoms with E-state index in [9.17, 15) is 8.42 Å². The van der Waals surface area contributed by atoms with Crippen molar-refractivity contribution in [1.82, 2.24) is 4.90 Å². The minimum Gasteiger partial charge on any atom is -0.493 e. The van der Waals surface area contributed by atoms with E-state index < -0.39 is 10.0 Å². The fraction of sp³-hybridized carbons (Fsp3) is 0.379. The van der Waals surface area contributed by atoms with Crippen molar-refractivity contribution in [2.45, 2.75) is 31.7 Å². The predicted octanol–water partition coefficient (Wildman–Crippen LogP) is 4.94. The first-order valence-electron chi connectivity index (χ1n) is 12.7. The van der Waals surface area contributed by atoms with Crippen LogP contribution in [0.15, 0.2) is 71.6 Å². The molecule has 1 aliphatic rings. The van der Waals surface area contributed by atoms with Gasteiger partial charge in [0.05, 0.1) is 24.8 Å². The van der Waals surface area contributed by atoms with Crippen molar-refractivity contribution in [2.24, 2.45) is 0 Å². The summed E-state index contributed by atoms with van der Waals surface area (Å²) in [6, 6.07) is 21.0. The van der Waals surface area contributed by atoms with Crippen LogP contribution in [-0.4, -0.2) is 60.3 Å². The Morgan fingerprint density at radius 3 is 2.19 bits per heavy atom. The summed E-state index contributed by atoms with van der Waals surface area (Å²) in [5.41, 5.74) is 4.02. The van der Waals surface area contributed by atoms with Crippen LogP contribution < -0.4 is 18.7 Å². The molecule has 0 bridgehead atoms. The third kappa shape index (κ3) is 6.19. The first-order chi connectivity index (χ1) is 17.8. The van der Waals surface area contributed by atoms with Gasteiger partial charge in [0.2, 0.25) is 0 Å². The van der Waals surface area contributed by atoms with Gasteiger partial charge in [0.25, 0.3) is 10.0 Å². The highest BCUT2D eigenvalue weighted by Gasteiger charge is 2.24. The molecule has 37 heavy (non-hydrogen) atoms. The van der Waals surface area contributed by atoms with Crippen LogP contribution in [0, 0.1) is 6.92 Å². The maximum atomic E-state index is 13.3. The summed E-state index contributed by atoms with van der Waals surface area (Å²) in [6.07, 6.45) is 1.05. The minimum atomic E-state index is -3.61. The van der Waals surface area contributed by atoms with E-state index >= 15 is 0 Å². The molecular weight excluding hydrogens is 486 g/mol. The van der Waals surface area contributed by atoms with Crippen LogP contribution in [0.2, 0.25) is 0 Å². The molecule has 3 aromatic rings. The zero-order valence-corrected chi connectivity index (χ0v) is 23.0. The molecule has 0 saturated carbocycles.